The maximum Gasteiger partial charge on any atom is 0.446 e. The average Bonchev–Trinajstić information content (AvgIpc) is 2.32. The number of nitrogens with one attached hydrogen (secondary N) is 1. The third-order valence-corrected chi connectivity index (χ3v) is 3.81. The van der Waals surface area contributed by atoms with E-state index in [-0.39, 0.29) is 34.7 Å². The van der Waals surface area contributed by atoms with Gasteiger partial charge in [-0.25, -0.2) is 4.79 Å². The monoisotopic (exact) mass is 305 g/mol. The fourth-order valence-electron chi connectivity index (χ4n) is 2.09. The Bertz CT molecular complexity index is 499. The van der Waals surface area contributed by atoms with Crippen LogP contribution in [0.3, 0.4) is 0 Å². The maximum absolute atomic E-state index is 12.3. The minimum Gasteiger partial charge on any atom is -0.449 e. The lowest BCUT2D eigenvalue weighted by molar-refractivity contribution is -0.0328. The average molecular weight is 305 g/mol. The summed E-state index contributed by atoms with van der Waals surface area (Å²) in [4.78, 5) is 11.4. The predicted octanol–water partition coefficient (Wildman–Crippen LogP) is 4.11. The molecule has 1 aromatic rings. The highest BCUT2D eigenvalue weighted by atomic mass is 32.2. The van der Waals surface area contributed by atoms with Crippen LogP contribution in [0.4, 0.5) is 18.0 Å². The van der Waals surface area contributed by atoms with Gasteiger partial charge < -0.3 is 10.1 Å². The molecule has 20 heavy (non-hydrogen) atoms. The Labute approximate surface area is 118 Å². The van der Waals surface area contributed by atoms with E-state index in [9.17, 15) is 18.0 Å². The van der Waals surface area contributed by atoms with E-state index >= 15 is 0 Å². The number of amides is 1. The molecule has 1 fully saturated rings. The Morgan fingerprint density at radius 3 is 2.45 bits per heavy atom. The maximum atomic E-state index is 12.3. The number of carbonyl (C=O) groups is 1. The van der Waals surface area contributed by atoms with Crippen LogP contribution in [0, 0.1) is 5.41 Å². The number of hydrogen-bond donors (Lipinski definition) is 1. The second-order valence-corrected chi connectivity index (χ2v) is 6.40. The molecule has 2 rings (SSSR count). The third-order valence-electron chi connectivity index (χ3n) is 3.07. The first kappa shape index (κ1) is 15.0. The molecule has 0 aromatic heterocycles. The standard InChI is InChI=1S/C13H14F3NO2S/c1-12(2)7-19-11(18)17-10(12)8-3-5-9(6-4-8)20-13(14,15)16/h3-6,10H,7H2,1-2H3,(H,17,18)/t10-/m1/s1. The predicted molar refractivity (Wildman–Crippen MR) is 69.4 cm³/mol. The van der Waals surface area contributed by atoms with Crippen molar-refractivity contribution in [3.8, 4) is 0 Å². The highest BCUT2D eigenvalue weighted by Crippen LogP contribution is 2.39. The second-order valence-electron chi connectivity index (χ2n) is 5.26. The van der Waals surface area contributed by atoms with Crippen LogP contribution < -0.4 is 5.32 Å². The molecule has 1 aliphatic rings. The van der Waals surface area contributed by atoms with E-state index in [1.807, 2.05) is 13.8 Å². The Hall–Kier alpha value is -1.37. The fourth-order valence-corrected chi connectivity index (χ4v) is 2.63. The summed E-state index contributed by atoms with van der Waals surface area (Å²) in [6, 6.07) is 5.74. The van der Waals surface area contributed by atoms with E-state index in [1.165, 1.54) is 12.1 Å². The van der Waals surface area contributed by atoms with Gasteiger partial charge in [-0.15, -0.1) is 0 Å². The number of halogens is 3. The van der Waals surface area contributed by atoms with Gasteiger partial charge in [-0.1, -0.05) is 26.0 Å². The van der Waals surface area contributed by atoms with Gasteiger partial charge in [-0.3, -0.25) is 0 Å². The van der Waals surface area contributed by atoms with Crippen molar-refractivity contribution in [1.29, 1.82) is 0 Å². The number of ether oxygens (including phenoxy) is 1. The molecule has 0 bridgehead atoms. The fraction of sp³-hybridized carbons (Fsp3) is 0.462. The van der Waals surface area contributed by atoms with Crippen molar-refractivity contribution in [2.24, 2.45) is 5.41 Å². The normalized spacial score (nSPS) is 22.1. The summed E-state index contributed by atoms with van der Waals surface area (Å²) in [5.74, 6) is 0. The number of thioether (sulfide) groups is 1. The molecule has 1 aromatic carbocycles. The summed E-state index contributed by atoms with van der Waals surface area (Å²) in [6.45, 7) is 4.12. The Balaban J connectivity index is 2.18. The zero-order valence-corrected chi connectivity index (χ0v) is 11.8. The first-order chi connectivity index (χ1) is 9.17. The zero-order valence-electron chi connectivity index (χ0n) is 11.0. The molecular weight excluding hydrogens is 291 g/mol. The summed E-state index contributed by atoms with van der Waals surface area (Å²) in [5, 5.41) is 2.70. The van der Waals surface area contributed by atoms with Crippen LogP contribution >= 0.6 is 11.8 Å². The van der Waals surface area contributed by atoms with Gasteiger partial charge in [0.1, 0.15) is 6.61 Å². The van der Waals surface area contributed by atoms with Crippen molar-refractivity contribution in [3.63, 3.8) is 0 Å². The molecular formula is C13H14F3NO2S. The molecule has 1 aliphatic heterocycles. The molecule has 0 unspecified atom stereocenters. The Morgan fingerprint density at radius 2 is 1.90 bits per heavy atom. The van der Waals surface area contributed by atoms with Gasteiger partial charge in [0.05, 0.1) is 6.04 Å². The number of alkyl carbamates (subject to hydrolysis) is 1. The summed E-state index contributed by atoms with van der Waals surface area (Å²) < 4.78 is 41.7. The van der Waals surface area contributed by atoms with E-state index in [0.717, 1.165) is 5.56 Å². The van der Waals surface area contributed by atoms with E-state index in [1.54, 1.807) is 12.1 Å². The summed E-state index contributed by atoms with van der Waals surface area (Å²) >= 11 is -0.155. The zero-order chi connectivity index (χ0) is 15.0. The number of alkyl halides is 3. The lowest BCUT2D eigenvalue weighted by atomic mass is 9.80. The van der Waals surface area contributed by atoms with E-state index in [4.69, 9.17) is 4.74 Å². The van der Waals surface area contributed by atoms with E-state index in [2.05, 4.69) is 5.32 Å². The molecule has 1 amide bonds. The molecule has 3 nitrogen and oxygen atoms in total. The van der Waals surface area contributed by atoms with Crippen LogP contribution in [-0.2, 0) is 4.74 Å². The number of hydrogen-bond acceptors (Lipinski definition) is 3. The van der Waals surface area contributed by atoms with Gasteiger partial charge in [-0.2, -0.15) is 13.2 Å². The largest absolute Gasteiger partial charge is 0.449 e. The Kier molecular flexibility index (Phi) is 3.90. The highest BCUT2D eigenvalue weighted by molar-refractivity contribution is 8.00. The topological polar surface area (TPSA) is 38.3 Å². The molecule has 110 valence electrons. The molecule has 0 saturated carbocycles. The molecule has 1 saturated heterocycles. The first-order valence-corrected chi connectivity index (χ1v) is 6.78. The molecule has 1 atom stereocenters. The van der Waals surface area contributed by atoms with Crippen LogP contribution in [0.1, 0.15) is 25.5 Å². The lowest BCUT2D eigenvalue weighted by Gasteiger charge is -2.38. The molecule has 1 N–H and O–H groups in total. The van der Waals surface area contributed by atoms with E-state index < -0.39 is 11.6 Å². The molecule has 0 aliphatic carbocycles. The smallest absolute Gasteiger partial charge is 0.446 e. The van der Waals surface area contributed by atoms with Gasteiger partial charge in [0.15, 0.2) is 0 Å². The van der Waals surface area contributed by atoms with Crippen molar-refractivity contribution in [3.05, 3.63) is 29.8 Å². The molecule has 1 heterocycles. The molecule has 0 radical (unpaired) electrons. The van der Waals surface area contributed by atoms with Crippen molar-refractivity contribution >= 4 is 17.9 Å². The highest BCUT2D eigenvalue weighted by Gasteiger charge is 2.38. The first-order valence-electron chi connectivity index (χ1n) is 5.96. The quantitative estimate of drug-likeness (QED) is 0.836. The van der Waals surface area contributed by atoms with Gasteiger partial charge in [0.25, 0.3) is 0 Å². The number of rotatable bonds is 2. The number of cyclic esters (lactones) is 1. The van der Waals surface area contributed by atoms with Crippen LogP contribution in [0.25, 0.3) is 0 Å². The second kappa shape index (κ2) is 5.20. The molecule has 0 spiro atoms. The van der Waals surface area contributed by atoms with Crippen LogP contribution in [0.2, 0.25) is 0 Å². The van der Waals surface area contributed by atoms with Crippen molar-refractivity contribution < 1.29 is 22.7 Å². The van der Waals surface area contributed by atoms with Gasteiger partial charge in [0, 0.05) is 10.3 Å². The van der Waals surface area contributed by atoms with Crippen molar-refractivity contribution in [2.75, 3.05) is 6.61 Å². The van der Waals surface area contributed by atoms with Crippen LogP contribution in [0.15, 0.2) is 29.2 Å². The number of carbonyl (C=O) groups excluding carboxylic acids is 1. The van der Waals surface area contributed by atoms with Gasteiger partial charge in [0.2, 0.25) is 0 Å². The minimum absolute atomic E-state index is 0.123. The summed E-state index contributed by atoms with van der Waals surface area (Å²) in [6.07, 6.45) is -0.511. The Morgan fingerprint density at radius 1 is 1.30 bits per heavy atom. The van der Waals surface area contributed by atoms with Crippen molar-refractivity contribution in [1.82, 2.24) is 5.32 Å². The van der Waals surface area contributed by atoms with Crippen LogP contribution in [0.5, 0.6) is 0 Å². The van der Waals surface area contributed by atoms with Gasteiger partial charge >= 0.3 is 11.6 Å². The van der Waals surface area contributed by atoms with Gasteiger partial charge in [-0.05, 0) is 29.5 Å². The molecule has 7 heteroatoms. The van der Waals surface area contributed by atoms with Crippen LogP contribution in [-0.4, -0.2) is 18.2 Å². The SMILES string of the molecule is CC1(C)COC(=O)N[C@@H]1c1ccc(SC(F)(F)F)cc1. The number of benzene rings is 1. The van der Waals surface area contributed by atoms with E-state index in [0.29, 0.717) is 0 Å². The minimum atomic E-state index is -4.30. The lowest BCUT2D eigenvalue weighted by Crippen LogP contribution is -2.46. The van der Waals surface area contributed by atoms with Crippen molar-refractivity contribution in [2.45, 2.75) is 30.3 Å². The summed E-state index contributed by atoms with van der Waals surface area (Å²) in [5.41, 5.74) is -3.86. The third kappa shape index (κ3) is 3.59. The summed E-state index contributed by atoms with van der Waals surface area (Å²) in [7, 11) is 0.